The molecular formula is C9H11Cl2N3O. The molecule has 82 valence electrons. The number of hydrogen-bond donors (Lipinski definition) is 1. The van der Waals surface area contributed by atoms with Crippen LogP contribution in [0.1, 0.15) is 0 Å². The van der Waals surface area contributed by atoms with Gasteiger partial charge in [0, 0.05) is 13.1 Å². The van der Waals surface area contributed by atoms with Gasteiger partial charge < -0.3 is 15.4 Å². The number of ether oxygens (including phenoxy) is 1. The number of aromatic nitrogens is 1. The van der Waals surface area contributed by atoms with Gasteiger partial charge >= 0.3 is 0 Å². The van der Waals surface area contributed by atoms with Crippen molar-refractivity contribution in [3.8, 4) is 0 Å². The van der Waals surface area contributed by atoms with Crippen molar-refractivity contribution in [3.05, 3.63) is 16.1 Å². The Labute approximate surface area is 97.9 Å². The molecule has 0 unspecified atom stereocenters. The predicted octanol–water partition coefficient (Wildman–Crippen LogP) is 1.81. The summed E-state index contributed by atoms with van der Waals surface area (Å²) >= 11 is 11.9. The fourth-order valence-electron chi connectivity index (χ4n) is 1.47. The predicted molar refractivity (Wildman–Crippen MR) is 61.7 cm³/mol. The minimum atomic E-state index is 0.308. The van der Waals surface area contributed by atoms with Crippen LogP contribution in [0.5, 0.6) is 0 Å². The van der Waals surface area contributed by atoms with Crippen LogP contribution in [0.3, 0.4) is 0 Å². The normalized spacial score (nSPS) is 16.8. The summed E-state index contributed by atoms with van der Waals surface area (Å²) in [6.07, 6.45) is 0. The molecule has 1 aromatic heterocycles. The van der Waals surface area contributed by atoms with Crippen LogP contribution in [0.25, 0.3) is 0 Å². The van der Waals surface area contributed by atoms with E-state index in [1.54, 1.807) is 6.07 Å². The summed E-state index contributed by atoms with van der Waals surface area (Å²) in [5.74, 6) is 0.990. The molecule has 2 N–H and O–H groups in total. The van der Waals surface area contributed by atoms with Crippen LogP contribution < -0.4 is 10.6 Å². The molecule has 0 aromatic carbocycles. The van der Waals surface area contributed by atoms with E-state index in [-0.39, 0.29) is 0 Å². The van der Waals surface area contributed by atoms with Gasteiger partial charge in [0.05, 0.1) is 23.3 Å². The van der Waals surface area contributed by atoms with Crippen LogP contribution in [-0.2, 0) is 4.74 Å². The molecule has 4 nitrogen and oxygen atoms in total. The monoisotopic (exact) mass is 247 g/mol. The Morgan fingerprint density at radius 1 is 1.27 bits per heavy atom. The lowest BCUT2D eigenvalue weighted by Gasteiger charge is -2.28. The van der Waals surface area contributed by atoms with Crippen LogP contribution in [0, 0.1) is 0 Å². The summed E-state index contributed by atoms with van der Waals surface area (Å²) in [5, 5.41) is 0.910. The van der Waals surface area contributed by atoms with E-state index in [0.29, 0.717) is 34.9 Å². The Bertz CT molecular complexity index is 367. The van der Waals surface area contributed by atoms with Crippen LogP contribution in [0.4, 0.5) is 11.6 Å². The number of nitrogens with two attached hydrogens (primary N) is 1. The molecule has 1 saturated heterocycles. The summed E-state index contributed by atoms with van der Waals surface area (Å²) in [7, 11) is 0. The maximum atomic E-state index is 6.05. The van der Waals surface area contributed by atoms with Crippen LogP contribution in [0.15, 0.2) is 6.07 Å². The van der Waals surface area contributed by atoms with Crippen molar-refractivity contribution < 1.29 is 4.74 Å². The van der Waals surface area contributed by atoms with Crippen molar-refractivity contribution in [2.24, 2.45) is 0 Å². The number of rotatable bonds is 1. The van der Waals surface area contributed by atoms with E-state index in [1.807, 2.05) is 4.90 Å². The zero-order chi connectivity index (χ0) is 10.8. The minimum Gasteiger partial charge on any atom is -0.382 e. The highest BCUT2D eigenvalue weighted by molar-refractivity contribution is 6.37. The smallest absolute Gasteiger partial charge is 0.150 e. The van der Waals surface area contributed by atoms with Gasteiger partial charge in [-0.1, -0.05) is 23.2 Å². The Balaban J connectivity index is 2.30. The highest BCUT2D eigenvalue weighted by Crippen LogP contribution is 2.30. The Morgan fingerprint density at radius 3 is 2.60 bits per heavy atom. The summed E-state index contributed by atoms with van der Waals surface area (Å²) in [5.41, 5.74) is 5.64. The van der Waals surface area contributed by atoms with E-state index in [1.165, 1.54) is 0 Å². The fraction of sp³-hybridized carbons (Fsp3) is 0.444. The van der Waals surface area contributed by atoms with Gasteiger partial charge in [0.2, 0.25) is 0 Å². The molecule has 0 atom stereocenters. The second-order valence-corrected chi connectivity index (χ2v) is 4.07. The van der Waals surface area contributed by atoms with E-state index < -0.39 is 0 Å². The van der Waals surface area contributed by atoms with Gasteiger partial charge in [0.25, 0.3) is 0 Å². The average molecular weight is 248 g/mol. The van der Waals surface area contributed by atoms with Gasteiger partial charge in [-0.15, -0.1) is 0 Å². The molecule has 0 aliphatic carbocycles. The molecule has 0 saturated carbocycles. The number of pyridine rings is 1. The van der Waals surface area contributed by atoms with Gasteiger partial charge in [0.1, 0.15) is 11.6 Å². The van der Waals surface area contributed by atoms with Crippen LogP contribution in [0.2, 0.25) is 10.0 Å². The third kappa shape index (κ3) is 2.27. The van der Waals surface area contributed by atoms with Gasteiger partial charge in [-0.3, -0.25) is 0 Å². The van der Waals surface area contributed by atoms with Gasteiger partial charge in [0.15, 0.2) is 0 Å². The first kappa shape index (κ1) is 10.8. The molecule has 6 heteroatoms. The van der Waals surface area contributed by atoms with E-state index in [9.17, 15) is 0 Å². The van der Waals surface area contributed by atoms with Gasteiger partial charge in [-0.2, -0.15) is 0 Å². The second kappa shape index (κ2) is 4.43. The average Bonchev–Trinajstić information content (AvgIpc) is 2.25. The fourth-order valence-corrected chi connectivity index (χ4v) is 1.95. The maximum Gasteiger partial charge on any atom is 0.150 e. The highest BCUT2D eigenvalue weighted by atomic mass is 35.5. The van der Waals surface area contributed by atoms with E-state index in [0.717, 1.165) is 13.1 Å². The molecule has 1 aliphatic rings. The third-order valence-corrected chi connectivity index (χ3v) is 2.83. The van der Waals surface area contributed by atoms with Crippen molar-refractivity contribution in [2.45, 2.75) is 0 Å². The summed E-state index contributed by atoms with van der Waals surface area (Å²) in [4.78, 5) is 6.22. The third-order valence-electron chi connectivity index (χ3n) is 2.25. The number of hydrogen-bond acceptors (Lipinski definition) is 4. The number of halogens is 2. The SMILES string of the molecule is Nc1nc(N2CCOCC2)c(Cl)cc1Cl. The molecule has 2 rings (SSSR count). The lowest BCUT2D eigenvalue weighted by atomic mass is 10.3. The van der Waals surface area contributed by atoms with Gasteiger partial charge in [-0.25, -0.2) is 4.98 Å². The van der Waals surface area contributed by atoms with E-state index >= 15 is 0 Å². The number of anilines is 2. The largest absolute Gasteiger partial charge is 0.382 e. The van der Waals surface area contributed by atoms with E-state index in [2.05, 4.69) is 4.98 Å². The molecule has 0 amide bonds. The molecule has 1 aliphatic heterocycles. The summed E-state index contributed by atoms with van der Waals surface area (Å²) < 4.78 is 5.25. The Kier molecular flexibility index (Phi) is 3.19. The van der Waals surface area contributed by atoms with Gasteiger partial charge in [-0.05, 0) is 6.07 Å². The molecule has 0 spiro atoms. The van der Waals surface area contributed by atoms with Crippen molar-refractivity contribution in [2.75, 3.05) is 36.9 Å². The first-order valence-corrected chi connectivity index (χ1v) is 5.38. The first-order valence-electron chi connectivity index (χ1n) is 4.62. The molecule has 1 fully saturated rings. The van der Waals surface area contributed by atoms with Crippen LogP contribution >= 0.6 is 23.2 Å². The standard InChI is InChI=1S/C9H11Cl2N3O/c10-6-5-7(11)9(13-8(6)12)14-1-3-15-4-2-14/h5H,1-4H2,(H2,12,13). The Morgan fingerprint density at radius 2 is 1.93 bits per heavy atom. The Hall–Kier alpha value is -0.710. The lowest BCUT2D eigenvalue weighted by molar-refractivity contribution is 0.122. The van der Waals surface area contributed by atoms with Crippen molar-refractivity contribution >= 4 is 34.8 Å². The van der Waals surface area contributed by atoms with E-state index in [4.69, 9.17) is 33.7 Å². The maximum absolute atomic E-state index is 6.05. The molecule has 2 heterocycles. The topological polar surface area (TPSA) is 51.4 Å². The molecular weight excluding hydrogens is 237 g/mol. The number of morpholine rings is 1. The number of nitrogens with zero attached hydrogens (tertiary/aromatic N) is 2. The molecule has 1 aromatic rings. The van der Waals surface area contributed by atoms with Crippen LogP contribution in [-0.4, -0.2) is 31.3 Å². The number of nitrogen functional groups attached to an aromatic ring is 1. The van der Waals surface area contributed by atoms with Crippen molar-refractivity contribution in [1.82, 2.24) is 4.98 Å². The second-order valence-electron chi connectivity index (χ2n) is 3.26. The van der Waals surface area contributed by atoms with Crippen molar-refractivity contribution in [1.29, 1.82) is 0 Å². The molecule has 15 heavy (non-hydrogen) atoms. The van der Waals surface area contributed by atoms with Crippen molar-refractivity contribution in [3.63, 3.8) is 0 Å². The first-order chi connectivity index (χ1) is 7.18. The molecule has 0 bridgehead atoms. The zero-order valence-electron chi connectivity index (χ0n) is 8.04. The highest BCUT2D eigenvalue weighted by Gasteiger charge is 2.16. The lowest BCUT2D eigenvalue weighted by Crippen LogP contribution is -2.37. The molecule has 0 radical (unpaired) electrons. The quantitative estimate of drug-likeness (QED) is 0.823. The zero-order valence-corrected chi connectivity index (χ0v) is 9.55. The summed E-state index contributed by atoms with van der Waals surface area (Å²) in [6, 6.07) is 1.62. The minimum absolute atomic E-state index is 0.308. The summed E-state index contributed by atoms with van der Waals surface area (Å²) in [6.45, 7) is 2.91.